The topological polar surface area (TPSA) is 37.8 Å². The highest BCUT2D eigenvalue weighted by atomic mass is 32.1. The summed E-state index contributed by atoms with van der Waals surface area (Å²) >= 11 is 3.15. The molecule has 0 aliphatic carbocycles. The fourth-order valence-corrected chi connectivity index (χ4v) is 1.74. The minimum absolute atomic E-state index is 0.836. The zero-order valence-corrected chi connectivity index (χ0v) is 7.15. The third-order valence-electron chi connectivity index (χ3n) is 1.13. The van der Waals surface area contributed by atoms with E-state index in [9.17, 15) is 0 Å². The van der Waals surface area contributed by atoms with Crippen molar-refractivity contribution in [1.29, 1.82) is 0 Å². The predicted molar refractivity (Wildman–Crippen MR) is 47.5 cm³/mol. The average Bonchev–Trinajstić information content (AvgIpc) is 2.60. The average molecular weight is 183 g/mol. The summed E-state index contributed by atoms with van der Waals surface area (Å²) in [5.41, 5.74) is 2.78. The minimum Gasteiger partial charge on any atom is -0.329 e. The summed E-state index contributed by atoms with van der Waals surface area (Å²) in [5.74, 6) is 0. The molecule has 2 heterocycles. The first kappa shape index (κ1) is 6.75. The Morgan fingerprint density at radius 3 is 3.09 bits per heavy atom. The van der Waals surface area contributed by atoms with Crippen molar-refractivity contribution in [3.63, 3.8) is 0 Å². The molecule has 0 bridgehead atoms. The van der Waals surface area contributed by atoms with E-state index in [-0.39, 0.29) is 0 Å². The molecule has 56 valence electrons. The van der Waals surface area contributed by atoms with Crippen molar-refractivity contribution in [1.82, 2.24) is 10.2 Å². The Labute approximate surface area is 71.7 Å². The van der Waals surface area contributed by atoms with Crippen molar-refractivity contribution in [3.8, 4) is 0 Å². The van der Waals surface area contributed by atoms with Crippen LogP contribution in [0.15, 0.2) is 22.3 Å². The van der Waals surface area contributed by atoms with Gasteiger partial charge in [-0.1, -0.05) is 11.3 Å². The van der Waals surface area contributed by atoms with E-state index in [1.165, 1.54) is 11.3 Å². The van der Waals surface area contributed by atoms with E-state index in [1.54, 1.807) is 16.8 Å². The Bertz CT molecular complexity index is 268. The summed E-state index contributed by atoms with van der Waals surface area (Å²) in [6.45, 7) is 0. The fraction of sp³-hybridized carbons (Fsp3) is 0. The molecular formula is C6H5N3S2. The Balaban J connectivity index is 2.14. The van der Waals surface area contributed by atoms with Crippen molar-refractivity contribution in [2.75, 3.05) is 5.32 Å². The second kappa shape index (κ2) is 2.98. The number of hydrogen-bond donors (Lipinski definition) is 1. The quantitative estimate of drug-likeness (QED) is 0.776. The maximum Gasteiger partial charge on any atom is 0.209 e. The monoisotopic (exact) mass is 183 g/mol. The molecular weight excluding hydrogens is 178 g/mol. The summed E-state index contributed by atoms with van der Waals surface area (Å²) in [5, 5.41) is 15.6. The highest BCUT2D eigenvalue weighted by Crippen LogP contribution is 2.19. The van der Waals surface area contributed by atoms with E-state index in [0.29, 0.717) is 0 Å². The normalized spacial score (nSPS) is 9.82. The molecule has 0 aliphatic heterocycles. The van der Waals surface area contributed by atoms with Gasteiger partial charge in [0.25, 0.3) is 0 Å². The van der Waals surface area contributed by atoms with Crippen molar-refractivity contribution >= 4 is 33.5 Å². The summed E-state index contributed by atoms with van der Waals surface area (Å²) in [6, 6.07) is 2.01. The second-order valence-corrected chi connectivity index (χ2v) is 3.49. The van der Waals surface area contributed by atoms with Gasteiger partial charge in [-0.15, -0.1) is 10.2 Å². The fourth-order valence-electron chi connectivity index (χ4n) is 0.687. The number of thiophene rings is 1. The van der Waals surface area contributed by atoms with Crippen LogP contribution in [0.2, 0.25) is 0 Å². The van der Waals surface area contributed by atoms with Crippen molar-refractivity contribution in [2.45, 2.75) is 0 Å². The van der Waals surface area contributed by atoms with Crippen molar-refractivity contribution in [2.24, 2.45) is 0 Å². The Hall–Kier alpha value is -0.940. The van der Waals surface area contributed by atoms with Gasteiger partial charge >= 0.3 is 0 Å². The SMILES string of the molecule is c1cc(Nc2nncs2)cs1. The molecule has 0 fully saturated rings. The highest BCUT2D eigenvalue weighted by Gasteiger charge is 1.95. The van der Waals surface area contributed by atoms with Crippen LogP contribution in [-0.2, 0) is 0 Å². The van der Waals surface area contributed by atoms with Gasteiger partial charge in [-0.3, -0.25) is 0 Å². The molecule has 0 radical (unpaired) electrons. The number of anilines is 2. The molecule has 11 heavy (non-hydrogen) atoms. The summed E-state index contributed by atoms with van der Waals surface area (Å²) in [6.07, 6.45) is 0. The number of aromatic nitrogens is 2. The Kier molecular flexibility index (Phi) is 1.83. The predicted octanol–water partition coefficient (Wildman–Crippen LogP) is 2.34. The summed E-state index contributed by atoms with van der Waals surface area (Å²) < 4.78 is 0. The number of rotatable bonds is 2. The van der Waals surface area contributed by atoms with Crippen LogP contribution in [0.4, 0.5) is 10.8 Å². The first-order chi connectivity index (χ1) is 5.45. The largest absolute Gasteiger partial charge is 0.329 e. The lowest BCUT2D eigenvalue weighted by Crippen LogP contribution is -1.85. The van der Waals surface area contributed by atoms with E-state index < -0.39 is 0 Å². The summed E-state index contributed by atoms with van der Waals surface area (Å²) in [7, 11) is 0. The van der Waals surface area contributed by atoms with Gasteiger partial charge in [-0.25, -0.2) is 0 Å². The van der Waals surface area contributed by atoms with Crippen LogP contribution in [0.1, 0.15) is 0 Å². The zero-order valence-electron chi connectivity index (χ0n) is 5.52. The molecule has 2 aromatic rings. The second-order valence-electron chi connectivity index (χ2n) is 1.88. The van der Waals surface area contributed by atoms with Gasteiger partial charge in [-0.2, -0.15) is 11.3 Å². The molecule has 0 aliphatic rings. The first-order valence-corrected chi connectivity index (χ1v) is 4.83. The maximum absolute atomic E-state index is 3.85. The van der Waals surface area contributed by atoms with E-state index >= 15 is 0 Å². The van der Waals surface area contributed by atoms with Gasteiger partial charge in [0.1, 0.15) is 5.51 Å². The molecule has 0 spiro atoms. The van der Waals surface area contributed by atoms with Gasteiger partial charge in [0.2, 0.25) is 5.13 Å². The molecule has 3 nitrogen and oxygen atoms in total. The molecule has 0 amide bonds. The molecule has 2 rings (SSSR count). The van der Waals surface area contributed by atoms with Gasteiger partial charge in [0, 0.05) is 5.38 Å². The lowest BCUT2D eigenvalue weighted by molar-refractivity contribution is 1.09. The molecule has 0 unspecified atom stereocenters. The van der Waals surface area contributed by atoms with Crippen LogP contribution in [0, 0.1) is 0 Å². The molecule has 2 aromatic heterocycles. The molecule has 0 aromatic carbocycles. The standard InChI is InChI=1S/C6H5N3S2/c1-2-10-3-5(1)8-6-9-7-4-11-6/h1-4H,(H,8,9). The van der Waals surface area contributed by atoms with Crippen LogP contribution in [0.25, 0.3) is 0 Å². The Morgan fingerprint density at radius 1 is 1.45 bits per heavy atom. The Morgan fingerprint density at radius 2 is 2.45 bits per heavy atom. The van der Waals surface area contributed by atoms with Crippen LogP contribution >= 0.6 is 22.7 Å². The molecule has 0 saturated carbocycles. The summed E-state index contributed by atoms with van der Waals surface area (Å²) in [4.78, 5) is 0. The van der Waals surface area contributed by atoms with Crippen molar-refractivity contribution in [3.05, 3.63) is 22.3 Å². The molecule has 0 atom stereocenters. The van der Waals surface area contributed by atoms with Gasteiger partial charge in [-0.05, 0) is 11.4 Å². The van der Waals surface area contributed by atoms with Crippen LogP contribution in [0.5, 0.6) is 0 Å². The third-order valence-corrected chi connectivity index (χ3v) is 2.42. The van der Waals surface area contributed by atoms with Crippen LogP contribution in [0.3, 0.4) is 0 Å². The highest BCUT2D eigenvalue weighted by molar-refractivity contribution is 7.13. The van der Waals surface area contributed by atoms with Gasteiger partial charge in [0.05, 0.1) is 5.69 Å². The van der Waals surface area contributed by atoms with Crippen molar-refractivity contribution < 1.29 is 0 Å². The third kappa shape index (κ3) is 1.55. The van der Waals surface area contributed by atoms with E-state index in [1.807, 2.05) is 16.8 Å². The van der Waals surface area contributed by atoms with E-state index in [4.69, 9.17) is 0 Å². The lowest BCUT2D eigenvalue weighted by Gasteiger charge is -1.93. The van der Waals surface area contributed by atoms with E-state index in [0.717, 1.165) is 10.8 Å². The zero-order chi connectivity index (χ0) is 7.52. The number of nitrogens with one attached hydrogen (secondary N) is 1. The molecule has 1 N–H and O–H groups in total. The minimum atomic E-state index is 0.836. The maximum atomic E-state index is 3.85. The lowest BCUT2D eigenvalue weighted by atomic mass is 10.5. The smallest absolute Gasteiger partial charge is 0.209 e. The number of nitrogens with zero attached hydrogens (tertiary/aromatic N) is 2. The van der Waals surface area contributed by atoms with Crippen LogP contribution < -0.4 is 5.32 Å². The first-order valence-electron chi connectivity index (χ1n) is 3.00. The number of hydrogen-bond acceptors (Lipinski definition) is 5. The molecule has 5 heteroatoms. The van der Waals surface area contributed by atoms with E-state index in [2.05, 4.69) is 15.5 Å². The van der Waals surface area contributed by atoms with Gasteiger partial charge in [0.15, 0.2) is 0 Å². The van der Waals surface area contributed by atoms with Gasteiger partial charge < -0.3 is 5.32 Å². The van der Waals surface area contributed by atoms with Crippen LogP contribution in [-0.4, -0.2) is 10.2 Å². The molecule has 0 saturated heterocycles.